The van der Waals surface area contributed by atoms with Gasteiger partial charge in [-0.05, 0) is 37.2 Å². The third-order valence-corrected chi connectivity index (χ3v) is 4.53. The average molecular weight is 230 g/mol. The van der Waals surface area contributed by atoms with Gasteiger partial charge in [0, 0.05) is 6.61 Å². The number of hydrogen-bond acceptors (Lipinski definition) is 1. The van der Waals surface area contributed by atoms with Crippen LogP contribution >= 0.6 is 0 Å². The van der Waals surface area contributed by atoms with Crippen LogP contribution in [0.2, 0.25) is 0 Å². The van der Waals surface area contributed by atoms with Crippen molar-refractivity contribution in [2.75, 3.05) is 6.61 Å². The lowest BCUT2D eigenvalue weighted by Gasteiger charge is -2.43. The summed E-state index contributed by atoms with van der Waals surface area (Å²) in [5.41, 5.74) is 1.75. The molecule has 1 heterocycles. The zero-order chi connectivity index (χ0) is 11.6. The minimum absolute atomic E-state index is 0.233. The average Bonchev–Trinajstić information content (AvgIpc) is 2.41. The smallest absolute Gasteiger partial charge is 0.0688 e. The lowest BCUT2D eigenvalue weighted by Crippen LogP contribution is -2.40. The summed E-state index contributed by atoms with van der Waals surface area (Å²) in [5.74, 6) is 0.725. The lowest BCUT2D eigenvalue weighted by atomic mass is 9.74. The van der Waals surface area contributed by atoms with Gasteiger partial charge >= 0.3 is 0 Å². The van der Waals surface area contributed by atoms with Crippen LogP contribution in [0.25, 0.3) is 0 Å². The van der Waals surface area contributed by atoms with Crippen LogP contribution in [0.1, 0.15) is 56.4 Å². The molecule has 1 saturated heterocycles. The van der Waals surface area contributed by atoms with Crippen LogP contribution in [-0.4, -0.2) is 12.2 Å². The van der Waals surface area contributed by atoms with E-state index in [9.17, 15) is 0 Å². The number of benzene rings is 1. The second-order valence-electron chi connectivity index (χ2n) is 5.69. The Hall–Kier alpha value is -0.820. The molecule has 0 N–H and O–H groups in total. The molecule has 1 heteroatoms. The van der Waals surface area contributed by atoms with E-state index < -0.39 is 0 Å². The molecule has 1 nitrogen and oxygen atoms in total. The minimum atomic E-state index is 0.233. The van der Waals surface area contributed by atoms with Crippen molar-refractivity contribution in [2.45, 2.75) is 56.5 Å². The molecule has 1 aromatic rings. The standard InChI is InChI=1S/C16H22O/c1-3-7-14(8-4-1)15-9-12-17-16(13-15)10-5-2-6-11-16/h1,3-4,7-8,15H,2,5-6,9-13H2/t15-/m1/s1. The predicted molar refractivity (Wildman–Crippen MR) is 70.2 cm³/mol. The minimum Gasteiger partial charge on any atom is -0.375 e. The fourth-order valence-electron chi connectivity index (χ4n) is 3.58. The Morgan fingerprint density at radius 2 is 1.76 bits per heavy atom. The molecule has 2 aliphatic rings. The van der Waals surface area contributed by atoms with Crippen LogP contribution in [0.5, 0.6) is 0 Å². The van der Waals surface area contributed by atoms with Gasteiger partial charge in [-0.15, -0.1) is 0 Å². The molecule has 0 radical (unpaired) electrons. The first-order chi connectivity index (χ1) is 8.38. The van der Waals surface area contributed by atoms with Crippen molar-refractivity contribution < 1.29 is 4.74 Å². The summed E-state index contributed by atoms with van der Waals surface area (Å²) < 4.78 is 6.16. The summed E-state index contributed by atoms with van der Waals surface area (Å²) in [7, 11) is 0. The zero-order valence-electron chi connectivity index (χ0n) is 10.5. The number of ether oxygens (including phenoxy) is 1. The summed E-state index contributed by atoms with van der Waals surface area (Å²) in [6.07, 6.45) is 9.15. The lowest BCUT2D eigenvalue weighted by molar-refractivity contribution is -0.106. The van der Waals surface area contributed by atoms with Crippen molar-refractivity contribution in [3.8, 4) is 0 Å². The highest BCUT2D eigenvalue weighted by Crippen LogP contribution is 2.43. The summed E-state index contributed by atoms with van der Waals surface area (Å²) in [6.45, 7) is 0.958. The van der Waals surface area contributed by atoms with Gasteiger partial charge in [-0.1, -0.05) is 49.6 Å². The summed E-state index contributed by atoms with van der Waals surface area (Å²) in [4.78, 5) is 0. The van der Waals surface area contributed by atoms with E-state index in [-0.39, 0.29) is 5.60 Å². The SMILES string of the molecule is c1ccc([C@@H]2CCOC3(CCCCC3)C2)cc1. The maximum absolute atomic E-state index is 6.16. The quantitative estimate of drug-likeness (QED) is 0.699. The van der Waals surface area contributed by atoms with Gasteiger partial charge in [0.05, 0.1) is 5.60 Å². The highest BCUT2D eigenvalue weighted by Gasteiger charge is 2.38. The van der Waals surface area contributed by atoms with Gasteiger partial charge in [0.2, 0.25) is 0 Å². The Morgan fingerprint density at radius 1 is 1.00 bits per heavy atom. The van der Waals surface area contributed by atoms with Crippen molar-refractivity contribution in [3.05, 3.63) is 35.9 Å². The van der Waals surface area contributed by atoms with Crippen LogP contribution in [0.4, 0.5) is 0 Å². The van der Waals surface area contributed by atoms with Gasteiger partial charge in [0.25, 0.3) is 0 Å². The third kappa shape index (κ3) is 2.40. The molecule has 2 fully saturated rings. The molecule has 0 aromatic heterocycles. The molecule has 1 aromatic carbocycles. The molecule has 92 valence electrons. The Morgan fingerprint density at radius 3 is 2.53 bits per heavy atom. The Balaban J connectivity index is 1.75. The first kappa shape index (κ1) is 11.3. The molecule has 1 saturated carbocycles. The van der Waals surface area contributed by atoms with Gasteiger partial charge in [-0.25, -0.2) is 0 Å². The first-order valence-electron chi connectivity index (χ1n) is 7.07. The molecule has 0 bridgehead atoms. The predicted octanol–water partition coefficient (Wildman–Crippen LogP) is 4.28. The van der Waals surface area contributed by atoms with Gasteiger partial charge < -0.3 is 4.74 Å². The molecule has 17 heavy (non-hydrogen) atoms. The number of hydrogen-bond donors (Lipinski definition) is 0. The van der Waals surface area contributed by atoms with Gasteiger partial charge in [-0.3, -0.25) is 0 Å². The molecule has 1 spiro atoms. The van der Waals surface area contributed by atoms with Crippen LogP contribution in [-0.2, 0) is 4.74 Å². The normalized spacial score (nSPS) is 28.1. The van der Waals surface area contributed by atoms with Crippen molar-refractivity contribution >= 4 is 0 Å². The van der Waals surface area contributed by atoms with E-state index in [2.05, 4.69) is 30.3 Å². The summed E-state index contributed by atoms with van der Waals surface area (Å²) in [5, 5.41) is 0. The summed E-state index contributed by atoms with van der Waals surface area (Å²) in [6, 6.07) is 11.0. The Bertz CT molecular complexity index is 346. The fourth-order valence-corrected chi connectivity index (χ4v) is 3.58. The zero-order valence-corrected chi connectivity index (χ0v) is 10.5. The van der Waals surface area contributed by atoms with Crippen LogP contribution in [0.3, 0.4) is 0 Å². The molecule has 1 aliphatic carbocycles. The molecule has 1 aliphatic heterocycles. The van der Waals surface area contributed by atoms with Gasteiger partial charge in [-0.2, -0.15) is 0 Å². The molecular formula is C16H22O. The molecule has 1 atom stereocenters. The van der Waals surface area contributed by atoms with E-state index in [4.69, 9.17) is 4.74 Å². The number of rotatable bonds is 1. The third-order valence-electron chi connectivity index (χ3n) is 4.53. The molecule has 0 unspecified atom stereocenters. The van der Waals surface area contributed by atoms with Crippen molar-refractivity contribution in [3.63, 3.8) is 0 Å². The van der Waals surface area contributed by atoms with Gasteiger partial charge in [0.1, 0.15) is 0 Å². The van der Waals surface area contributed by atoms with Gasteiger partial charge in [0.15, 0.2) is 0 Å². The maximum atomic E-state index is 6.16. The van der Waals surface area contributed by atoms with Crippen molar-refractivity contribution in [1.29, 1.82) is 0 Å². The highest BCUT2D eigenvalue weighted by molar-refractivity contribution is 5.20. The molecule has 0 amide bonds. The van der Waals surface area contributed by atoms with E-state index >= 15 is 0 Å². The maximum Gasteiger partial charge on any atom is 0.0688 e. The largest absolute Gasteiger partial charge is 0.375 e. The second-order valence-corrected chi connectivity index (χ2v) is 5.69. The molecular weight excluding hydrogens is 208 g/mol. The van der Waals surface area contributed by atoms with E-state index in [0.29, 0.717) is 0 Å². The second kappa shape index (κ2) is 4.81. The highest BCUT2D eigenvalue weighted by atomic mass is 16.5. The Labute approximate surface area is 104 Å². The van der Waals surface area contributed by atoms with E-state index in [0.717, 1.165) is 12.5 Å². The first-order valence-corrected chi connectivity index (χ1v) is 7.07. The van der Waals surface area contributed by atoms with E-state index in [1.54, 1.807) is 0 Å². The molecule has 3 rings (SSSR count). The van der Waals surface area contributed by atoms with Crippen LogP contribution in [0.15, 0.2) is 30.3 Å². The van der Waals surface area contributed by atoms with Crippen LogP contribution in [0, 0.1) is 0 Å². The summed E-state index contributed by atoms with van der Waals surface area (Å²) >= 11 is 0. The van der Waals surface area contributed by atoms with E-state index in [1.165, 1.54) is 50.5 Å². The van der Waals surface area contributed by atoms with Crippen molar-refractivity contribution in [2.24, 2.45) is 0 Å². The van der Waals surface area contributed by atoms with Crippen molar-refractivity contribution in [1.82, 2.24) is 0 Å². The topological polar surface area (TPSA) is 9.23 Å². The Kier molecular flexibility index (Phi) is 3.19. The van der Waals surface area contributed by atoms with Crippen LogP contribution < -0.4 is 0 Å². The fraction of sp³-hybridized carbons (Fsp3) is 0.625. The monoisotopic (exact) mass is 230 g/mol. The van der Waals surface area contributed by atoms with E-state index in [1.807, 2.05) is 0 Å².